The maximum absolute atomic E-state index is 12.0. The van der Waals surface area contributed by atoms with E-state index in [0.29, 0.717) is 11.5 Å². The van der Waals surface area contributed by atoms with Crippen LogP contribution in [0.15, 0.2) is 34.9 Å². The zero-order valence-corrected chi connectivity index (χ0v) is 12.1. The molecule has 1 saturated heterocycles. The van der Waals surface area contributed by atoms with Gasteiger partial charge in [-0.05, 0) is 50.6 Å². The molecule has 5 nitrogen and oxygen atoms in total. The highest BCUT2D eigenvalue weighted by molar-refractivity contribution is 6.02. The van der Waals surface area contributed by atoms with Gasteiger partial charge in [0.2, 0.25) is 0 Å². The number of carbonyl (C=O) groups excluding carboxylic acids is 1. The first-order valence-electron chi connectivity index (χ1n) is 7.27. The average molecular weight is 285 g/mol. The summed E-state index contributed by atoms with van der Waals surface area (Å²) in [4.78, 5) is 14.5. The van der Waals surface area contributed by atoms with Crippen LogP contribution in [0.3, 0.4) is 0 Å². The third-order valence-electron chi connectivity index (χ3n) is 3.65. The number of anilines is 1. The molecule has 0 atom stereocenters. The number of carbonyl (C=O) groups is 1. The molecule has 0 unspecified atom stereocenters. The van der Waals surface area contributed by atoms with Gasteiger partial charge in [-0.3, -0.25) is 9.69 Å². The van der Waals surface area contributed by atoms with Crippen molar-refractivity contribution < 1.29 is 9.32 Å². The van der Waals surface area contributed by atoms with Crippen LogP contribution in [0.2, 0.25) is 0 Å². The fourth-order valence-corrected chi connectivity index (χ4v) is 2.61. The van der Waals surface area contributed by atoms with Crippen LogP contribution in [0.4, 0.5) is 5.69 Å². The van der Waals surface area contributed by atoms with Gasteiger partial charge in [0.25, 0.3) is 5.91 Å². The van der Waals surface area contributed by atoms with E-state index in [9.17, 15) is 4.79 Å². The molecule has 2 aromatic rings. The number of amides is 1. The van der Waals surface area contributed by atoms with E-state index in [1.165, 1.54) is 18.4 Å². The lowest BCUT2D eigenvalue weighted by Crippen LogP contribution is -2.18. The summed E-state index contributed by atoms with van der Waals surface area (Å²) in [7, 11) is 0. The van der Waals surface area contributed by atoms with Gasteiger partial charge in [-0.25, -0.2) is 0 Å². The van der Waals surface area contributed by atoms with Crippen LogP contribution in [-0.2, 0) is 6.54 Å². The van der Waals surface area contributed by atoms with E-state index in [1.54, 1.807) is 13.0 Å². The molecule has 0 saturated carbocycles. The number of hydrogen-bond acceptors (Lipinski definition) is 4. The fraction of sp³-hybridized carbons (Fsp3) is 0.375. The summed E-state index contributed by atoms with van der Waals surface area (Å²) in [6.45, 7) is 5.02. The number of aromatic nitrogens is 1. The van der Waals surface area contributed by atoms with Crippen LogP contribution in [0.1, 0.15) is 34.7 Å². The second-order valence-electron chi connectivity index (χ2n) is 5.46. The predicted molar refractivity (Wildman–Crippen MR) is 80.1 cm³/mol. The second kappa shape index (κ2) is 6.10. The first kappa shape index (κ1) is 13.8. The molecule has 2 heterocycles. The van der Waals surface area contributed by atoms with Crippen LogP contribution < -0.4 is 5.32 Å². The minimum absolute atomic E-state index is 0.245. The highest BCUT2D eigenvalue weighted by Gasteiger charge is 2.13. The molecule has 1 amide bonds. The molecular formula is C16H19N3O2. The minimum atomic E-state index is -0.245. The van der Waals surface area contributed by atoms with Crippen LogP contribution in [0, 0.1) is 6.92 Å². The third kappa shape index (κ3) is 3.49. The number of rotatable bonds is 4. The molecule has 0 bridgehead atoms. The summed E-state index contributed by atoms with van der Waals surface area (Å²) < 4.78 is 4.92. The Hall–Kier alpha value is -2.14. The maximum atomic E-state index is 12.0. The highest BCUT2D eigenvalue weighted by atomic mass is 16.5. The van der Waals surface area contributed by atoms with Gasteiger partial charge in [-0.1, -0.05) is 17.3 Å². The van der Waals surface area contributed by atoms with Crippen molar-refractivity contribution in [2.45, 2.75) is 26.3 Å². The summed E-state index contributed by atoms with van der Waals surface area (Å²) in [6.07, 6.45) is 2.56. The molecule has 1 aliphatic rings. The summed E-state index contributed by atoms with van der Waals surface area (Å²) in [6, 6.07) is 9.59. The van der Waals surface area contributed by atoms with Crippen LogP contribution in [-0.4, -0.2) is 29.1 Å². The second-order valence-corrected chi connectivity index (χ2v) is 5.46. The Labute approximate surface area is 123 Å². The van der Waals surface area contributed by atoms with Crippen LogP contribution in [0.25, 0.3) is 0 Å². The zero-order chi connectivity index (χ0) is 14.7. The normalized spacial score (nSPS) is 15.3. The van der Waals surface area contributed by atoms with Crippen molar-refractivity contribution in [3.05, 3.63) is 47.3 Å². The zero-order valence-electron chi connectivity index (χ0n) is 12.1. The molecule has 0 aliphatic carbocycles. The van der Waals surface area contributed by atoms with Crippen molar-refractivity contribution in [3.63, 3.8) is 0 Å². The van der Waals surface area contributed by atoms with Crippen molar-refractivity contribution in [3.8, 4) is 0 Å². The molecule has 1 aliphatic heterocycles. The highest BCUT2D eigenvalue weighted by Crippen LogP contribution is 2.16. The molecule has 5 heteroatoms. The summed E-state index contributed by atoms with van der Waals surface area (Å²) in [5.74, 6) is 0.383. The van der Waals surface area contributed by atoms with Gasteiger partial charge in [-0.2, -0.15) is 0 Å². The summed E-state index contributed by atoms with van der Waals surface area (Å²) in [5, 5.41) is 6.58. The molecule has 3 rings (SSSR count). The van der Waals surface area contributed by atoms with Crippen molar-refractivity contribution >= 4 is 11.6 Å². The van der Waals surface area contributed by atoms with E-state index >= 15 is 0 Å². The molecule has 0 spiro atoms. The van der Waals surface area contributed by atoms with Gasteiger partial charge in [0, 0.05) is 18.3 Å². The lowest BCUT2D eigenvalue weighted by atomic mass is 10.2. The topological polar surface area (TPSA) is 58.4 Å². The first-order valence-corrected chi connectivity index (χ1v) is 7.27. The van der Waals surface area contributed by atoms with Gasteiger partial charge < -0.3 is 9.84 Å². The maximum Gasteiger partial charge on any atom is 0.277 e. The Balaban J connectivity index is 1.66. The van der Waals surface area contributed by atoms with Crippen LogP contribution in [0.5, 0.6) is 0 Å². The predicted octanol–water partition coefficient (Wildman–Crippen LogP) is 2.83. The molecule has 110 valence electrons. The quantitative estimate of drug-likeness (QED) is 0.938. The number of hydrogen-bond donors (Lipinski definition) is 1. The van der Waals surface area contributed by atoms with E-state index in [0.717, 1.165) is 25.3 Å². The first-order chi connectivity index (χ1) is 10.2. The van der Waals surface area contributed by atoms with Crippen molar-refractivity contribution in [2.24, 2.45) is 0 Å². The number of aryl methyl sites for hydroxylation is 1. The lowest BCUT2D eigenvalue weighted by molar-refractivity contribution is 0.101. The summed E-state index contributed by atoms with van der Waals surface area (Å²) in [5.41, 5.74) is 2.31. The SMILES string of the molecule is Cc1cc(C(=O)Nc2cccc(CN3CCCC3)c2)no1. The molecule has 1 aromatic carbocycles. The summed E-state index contributed by atoms with van der Waals surface area (Å²) >= 11 is 0. The van der Waals surface area contributed by atoms with E-state index in [4.69, 9.17) is 4.52 Å². The Morgan fingerprint density at radius 2 is 2.14 bits per heavy atom. The van der Waals surface area contributed by atoms with Gasteiger partial charge in [0.05, 0.1) is 0 Å². The Bertz CT molecular complexity index is 630. The molecule has 21 heavy (non-hydrogen) atoms. The molecule has 0 radical (unpaired) electrons. The Kier molecular flexibility index (Phi) is 4.01. The molecule has 1 N–H and O–H groups in total. The number of nitrogens with one attached hydrogen (secondary N) is 1. The largest absolute Gasteiger partial charge is 0.361 e. The number of benzene rings is 1. The van der Waals surface area contributed by atoms with Gasteiger partial charge in [0.1, 0.15) is 5.76 Å². The number of nitrogens with zero attached hydrogens (tertiary/aromatic N) is 2. The Morgan fingerprint density at radius 1 is 1.33 bits per heavy atom. The molecule has 1 fully saturated rings. The van der Waals surface area contributed by atoms with Crippen molar-refractivity contribution in [2.75, 3.05) is 18.4 Å². The van der Waals surface area contributed by atoms with E-state index in [-0.39, 0.29) is 5.91 Å². The van der Waals surface area contributed by atoms with Crippen molar-refractivity contribution in [1.29, 1.82) is 0 Å². The smallest absolute Gasteiger partial charge is 0.277 e. The third-order valence-corrected chi connectivity index (χ3v) is 3.65. The standard InChI is InChI=1S/C16H19N3O2/c1-12-9-15(18-21-12)16(20)17-14-6-4-5-13(10-14)11-19-7-2-3-8-19/h4-6,9-10H,2-3,7-8,11H2,1H3,(H,17,20). The van der Waals surface area contributed by atoms with Crippen molar-refractivity contribution in [1.82, 2.24) is 10.1 Å². The fourth-order valence-electron chi connectivity index (χ4n) is 2.61. The minimum Gasteiger partial charge on any atom is -0.361 e. The van der Waals surface area contributed by atoms with Gasteiger partial charge in [-0.15, -0.1) is 0 Å². The molecular weight excluding hydrogens is 266 g/mol. The van der Waals surface area contributed by atoms with E-state index < -0.39 is 0 Å². The van der Waals surface area contributed by atoms with E-state index in [2.05, 4.69) is 21.4 Å². The monoisotopic (exact) mass is 285 g/mol. The molecule has 1 aromatic heterocycles. The van der Waals surface area contributed by atoms with Gasteiger partial charge >= 0.3 is 0 Å². The average Bonchev–Trinajstić information content (AvgIpc) is 3.11. The van der Waals surface area contributed by atoms with E-state index in [1.807, 2.05) is 18.2 Å². The van der Waals surface area contributed by atoms with Gasteiger partial charge in [0.15, 0.2) is 5.69 Å². The lowest BCUT2D eigenvalue weighted by Gasteiger charge is -2.15. The van der Waals surface area contributed by atoms with Crippen LogP contribution >= 0.6 is 0 Å². The Morgan fingerprint density at radius 3 is 2.86 bits per heavy atom. The number of likely N-dealkylation sites (tertiary alicyclic amines) is 1.